The summed E-state index contributed by atoms with van der Waals surface area (Å²) < 4.78 is 0. The normalized spacial score (nSPS) is 11.8. The highest BCUT2D eigenvalue weighted by atomic mass is 14.9. The predicted octanol–water partition coefficient (Wildman–Crippen LogP) is 12.3. The van der Waals surface area contributed by atoms with Gasteiger partial charge in [0.2, 0.25) is 0 Å². The van der Waals surface area contributed by atoms with E-state index in [1.165, 1.54) is 65.7 Å². The second-order valence-corrected chi connectivity index (χ2v) is 12.5. The van der Waals surface area contributed by atoms with Crippen LogP contribution in [-0.2, 0) is 0 Å². The zero-order valence-electron chi connectivity index (χ0n) is 26.1. The molecule has 1 aliphatic carbocycles. The van der Waals surface area contributed by atoms with Gasteiger partial charge in [0.15, 0.2) is 5.82 Å². The van der Waals surface area contributed by atoms with Crippen LogP contribution >= 0.6 is 0 Å². The van der Waals surface area contributed by atoms with Gasteiger partial charge in [-0.2, -0.15) is 0 Å². The molecule has 0 saturated carbocycles. The molecule has 0 bridgehead atoms. The number of fused-ring (bicyclic) bond motifs is 5. The molecule has 10 rings (SSSR count). The SMILES string of the molecule is c1ccc(-c2nc(-c3ccc(-c4c5ccccc5c(-c5ccccc5)c5ccccc45)cc3)nc3c2-c2cccc4cccc-3c24)cc1. The summed E-state index contributed by atoms with van der Waals surface area (Å²) in [5, 5.41) is 7.48. The van der Waals surface area contributed by atoms with Crippen molar-refractivity contribution in [3.05, 3.63) is 170 Å². The number of aromatic nitrogens is 2. The minimum atomic E-state index is 0.734. The lowest BCUT2D eigenvalue weighted by molar-refractivity contribution is 1.19. The molecule has 0 N–H and O–H groups in total. The zero-order valence-corrected chi connectivity index (χ0v) is 26.1. The Hall–Kier alpha value is -6.38. The monoisotopic (exact) mass is 608 g/mol. The van der Waals surface area contributed by atoms with Crippen molar-refractivity contribution < 1.29 is 0 Å². The molecular formula is C46H28N2. The van der Waals surface area contributed by atoms with E-state index in [0.29, 0.717) is 0 Å². The molecule has 0 fully saturated rings. The molecule has 0 atom stereocenters. The largest absolute Gasteiger partial charge is 0.227 e. The number of hydrogen-bond donors (Lipinski definition) is 0. The third-order valence-electron chi connectivity index (χ3n) is 9.81. The topological polar surface area (TPSA) is 25.8 Å². The van der Waals surface area contributed by atoms with Crippen molar-refractivity contribution >= 4 is 32.3 Å². The second kappa shape index (κ2) is 10.6. The van der Waals surface area contributed by atoms with Crippen LogP contribution in [0.5, 0.6) is 0 Å². The summed E-state index contributed by atoms with van der Waals surface area (Å²) >= 11 is 0. The Morgan fingerprint density at radius 3 is 1.33 bits per heavy atom. The Kier molecular flexibility index (Phi) is 5.91. The van der Waals surface area contributed by atoms with Crippen LogP contribution in [0.4, 0.5) is 0 Å². The maximum atomic E-state index is 5.29. The maximum absolute atomic E-state index is 5.29. The van der Waals surface area contributed by atoms with Crippen LogP contribution in [-0.4, -0.2) is 9.97 Å². The molecule has 0 radical (unpaired) electrons. The quantitative estimate of drug-likeness (QED) is 0.186. The van der Waals surface area contributed by atoms with E-state index in [1.807, 2.05) is 0 Å². The summed E-state index contributed by atoms with van der Waals surface area (Å²) in [5.41, 5.74) is 12.5. The number of benzene rings is 8. The van der Waals surface area contributed by atoms with Crippen LogP contribution in [0.15, 0.2) is 170 Å². The standard InChI is InChI=1S/C46H28N2/c1-3-13-29(14-4-1)40-34-19-7-9-21-36(34)41(37-22-10-8-20-35(37)40)31-25-27-33(28-26-31)46-47-44(32-15-5-2-6-16-32)43-38-23-11-17-30-18-12-24-39(42(30)38)45(43)48-46/h1-28H. The van der Waals surface area contributed by atoms with Crippen molar-refractivity contribution in [2.75, 3.05) is 0 Å². The summed E-state index contributed by atoms with van der Waals surface area (Å²) in [6.45, 7) is 0. The van der Waals surface area contributed by atoms with Gasteiger partial charge in [-0.25, -0.2) is 9.97 Å². The van der Waals surface area contributed by atoms with E-state index in [-0.39, 0.29) is 0 Å². The van der Waals surface area contributed by atoms with E-state index < -0.39 is 0 Å². The van der Waals surface area contributed by atoms with E-state index in [4.69, 9.17) is 9.97 Å². The minimum absolute atomic E-state index is 0.734. The summed E-state index contributed by atoms with van der Waals surface area (Å²) in [5.74, 6) is 0.734. The van der Waals surface area contributed by atoms with Gasteiger partial charge in [-0.15, -0.1) is 0 Å². The van der Waals surface area contributed by atoms with Crippen LogP contribution in [0, 0.1) is 0 Å². The highest BCUT2D eigenvalue weighted by molar-refractivity contribution is 6.21. The molecule has 9 aromatic rings. The summed E-state index contributed by atoms with van der Waals surface area (Å²) in [6, 6.07) is 60.7. The van der Waals surface area contributed by atoms with Crippen molar-refractivity contribution in [1.29, 1.82) is 0 Å². The van der Waals surface area contributed by atoms with Gasteiger partial charge in [0.1, 0.15) is 0 Å². The smallest absolute Gasteiger partial charge is 0.160 e. The molecule has 2 heteroatoms. The summed E-state index contributed by atoms with van der Waals surface area (Å²) in [6.07, 6.45) is 0. The highest BCUT2D eigenvalue weighted by Crippen LogP contribution is 2.50. The first-order chi connectivity index (χ1) is 23.8. The van der Waals surface area contributed by atoms with Gasteiger partial charge >= 0.3 is 0 Å². The molecule has 8 aromatic carbocycles. The Bertz CT molecular complexity index is 2630. The fourth-order valence-corrected chi connectivity index (χ4v) is 7.73. The van der Waals surface area contributed by atoms with Crippen LogP contribution < -0.4 is 0 Å². The lowest BCUT2D eigenvalue weighted by Crippen LogP contribution is -1.97. The molecule has 1 heterocycles. The fraction of sp³-hybridized carbons (Fsp3) is 0. The third-order valence-corrected chi connectivity index (χ3v) is 9.81. The average Bonchev–Trinajstić information content (AvgIpc) is 3.49. The Morgan fingerprint density at radius 1 is 0.292 bits per heavy atom. The Balaban J connectivity index is 1.17. The molecule has 48 heavy (non-hydrogen) atoms. The summed E-state index contributed by atoms with van der Waals surface area (Å²) in [4.78, 5) is 10.6. The zero-order chi connectivity index (χ0) is 31.6. The molecule has 0 amide bonds. The predicted molar refractivity (Wildman–Crippen MR) is 201 cm³/mol. The molecule has 2 nitrogen and oxygen atoms in total. The number of hydrogen-bond acceptors (Lipinski definition) is 2. The molecule has 1 aliphatic rings. The van der Waals surface area contributed by atoms with Crippen LogP contribution in [0.1, 0.15) is 0 Å². The van der Waals surface area contributed by atoms with Gasteiger partial charge in [0.05, 0.1) is 11.4 Å². The average molecular weight is 609 g/mol. The first-order valence-corrected chi connectivity index (χ1v) is 16.4. The fourth-order valence-electron chi connectivity index (χ4n) is 7.73. The molecule has 0 unspecified atom stereocenters. The van der Waals surface area contributed by atoms with Crippen molar-refractivity contribution in [2.24, 2.45) is 0 Å². The molecule has 0 saturated heterocycles. The Morgan fingerprint density at radius 2 is 0.750 bits per heavy atom. The maximum Gasteiger partial charge on any atom is 0.160 e. The van der Waals surface area contributed by atoms with Crippen LogP contribution in [0.2, 0.25) is 0 Å². The summed E-state index contributed by atoms with van der Waals surface area (Å²) in [7, 11) is 0. The lowest BCUT2D eigenvalue weighted by Gasteiger charge is -2.18. The van der Waals surface area contributed by atoms with E-state index in [9.17, 15) is 0 Å². The minimum Gasteiger partial charge on any atom is -0.227 e. The first-order valence-electron chi connectivity index (χ1n) is 16.4. The molecule has 0 spiro atoms. The molecular weight excluding hydrogens is 581 g/mol. The Labute approximate surface area is 278 Å². The van der Waals surface area contributed by atoms with E-state index >= 15 is 0 Å². The first kappa shape index (κ1) is 26.8. The van der Waals surface area contributed by atoms with Gasteiger partial charge < -0.3 is 0 Å². The number of rotatable bonds is 4. The van der Waals surface area contributed by atoms with Crippen LogP contribution in [0.25, 0.3) is 99.6 Å². The van der Waals surface area contributed by atoms with E-state index in [0.717, 1.165) is 33.9 Å². The third kappa shape index (κ3) is 4.00. The number of nitrogens with zero attached hydrogens (tertiary/aromatic N) is 2. The van der Waals surface area contributed by atoms with Crippen LogP contribution in [0.3, 0.4) is 0 Å². The van der Waals surface area contributed by atoms with Gasteiger partial charge in [-0.3, -0.25) is 0 Å². The van der Waals surface area contributed by atoms with E-state index in [2.05, 4.69) is 170 Å². The van der Waals surface area contributed by atoms with Gasteiger partial charge in [0, 0.05) is 22.3 Å². The second-order valence-electron chi connectivity index (χ2n) is 12.5. The van der Waals surface area contributed by atoms with Gasteiger partial charge in [-0.1, -0.05) is 170 Å². The van der Waals surface area contributed by atoms with Gasteiger partial charge in [-0.05, 0) is 60.1 Å². The van der Waals surface area contributed by atoms with E-state index in [1.54, 1.807) is 0 Å². The van der Waals surface area contributed by atoms with Crippen molar-refractivity contribution in [2.45, 2.75) is 0 Å². The highest BCUT2D eigenvalue weighted by Gasteiger charge is 2.28. The van der Waals surface area contributed by atoms with Crippen molar-refractivity contribution in [3.63, 3.8) is 0 Å². The lowest BCUT2D eigenvalue weighted by atomic mass is 9.86. The van der Waals surface area contributed by atoms with Gasteiger partial charge in [0.25, 0.3) is 0 Å². The molecule has 222 valence electrons. The molecule has 0 aliphatic heterocycles. The van der Waals surface area contributed by atoms with Crippen molar-refractivity contribution in [3.8, 4) is 67.3 Å². The van der Waals surface area contributed by atoms with Crippen molar-refractivity contribution in [1.82, 2.24) is 9.97 Å². The molecule has 1 aromatic heterocycles.